The summed E-state index contributed by atoms with van der Waals surface area (Å²) in [6.45, 7) is 2.43. The minimum atomic E-state index is -0.223. The maximum Gasteiger partial charge on any atom is 0.280 e. The molecule has 0 aliphatic rings. The first kappa shape index (κ1) is 16.6. The molecular weight excluding hydrogens is 347 g/mol. The van der Waals surface area contributed by atoms with Crippen LogP contribution in [0.25, 0.3) is 11.5 Å². The quantitative estimate of drug-likeness (QED) is 0.632. The molecule has 0 atom stereocenters. The SMILES string of the molecule is CCN(C(=O)c1coc(-c2ccc(Cl)c(Cl)c2)n1)c1ccccc1. The minimum absolute atomic E-state index is 0.223. The van der Waals surface area contributed by atoms with Gasteiger partial charge in [0.05, 0.1) is 10.0 Å². The molecule has 0 N–H and O–H groups in total. The summed E-state index contributed by atoms with van der Waals surface area (Å²) in [5.74, 6) is 0.0970. The summed E-state index contributed by atoms with van der Waals surface area (Å²) in [5.41, 5.74) is 1.71. The maximum absolute atomic E-state index is 12.7. The van der Waals surface area contributed by atoms with E-state index < -0.39 is 0 Å². The van der Waals surface area contributed by atoms with Crippen LogP contribution in [-0.4, -0.2) is 17.4 Å². The Labute approximate surface area is 149 Å². The molecule has 0 fully saturated rings. The number of rotatable bonds is 4. The highest BCUT2D eigenvalue weighted by molar-refractivity contribution is 6.42. The predicted octanol–water partition coefficient (Wildman–Crippen LogP) is 5.32. The summed E-state index contributed by atoms with van der Waals surface area (Å²) in [5, 5.41) is 0.851. The fourth-order valence-corrected chi connectivity index (χ4v) is 2.62. The predicted molar refractivity (Wildman–Crippen MR) is 95.8 cm³/mol. The van der Waals surface area contributed by atoms with E-state index in [1.165, 1.54) is 6.26 Å². The monoisotopic (exact) mass is 360 g/mol. The molecule has 0 aliphatic carbocycles. The summed E-state index contributed by atoms with van der Waals surface area (Å²) < 4.78 is 5.44. The van der Waals surface area contributed by atoms with Crippen LogP contribution < -0.4 is 4.90 Å². The molecule has 1 heterocycles. The average molecular weight is 361 g/mol. The number of carbonyl (C=O) groups excluding carboxylic acids is 1. The second-order valence-electron chi connectivity index (χ2n) is 5.05. The third kappa shape index (κ3) is 3.30. The number of hydrogen-bond acceptors (Lipinski definition) is 3. The van der Waals surface area contributed by atoms with E-state index in [1.54, 1.807) is 23.1 Å². The molecule has 0 saturated carbocycles. The highest BCUT2D eigenvalue weighted by Gasteiger charge is 2.20. The zero-order valence-corrected chi connectivity index (χ0v) is 14.4. The topological polar surface area (TPSA) is 46.3 Å². The van der Waals surface area contributed by atoms with Crippen LogP contribution in [0.1, 0.15) is 17.4 Å². The van der Waals surface area contributed by atoms with E-state index in [0.29, 0.717) is 28.0 Å². The zero-order chi connectivity index (χ0) is 17.1. The van der Waals surface area contributed by atoms with Crippen molar-refractivity contribution < 1.29 is 9.21 Å². The van der Waals surface area contributed by atoms with Crippen LogP contribution in [0, 0.1) is 0 Å². The number of oxazole rings is 1. The molecule has 0 unspecified atom stereocenters. The Bertz CT molecular complexity index is 862. The summed E-state index contributed by atoms with van der Waals surface area (Å²) in [7, 11) is 0. The van der Waals surface area contributed by atoms with Gasteiger partial charge in [-0.15, -0.1) is 0 Å². The lowest BCUT2D eigenvalue weighted by atomic mass is 10.2. The molecule has 4 nitrogen and oxygen atoms in total. The van der Waals surface area contributed by atoms with E-state index in [0.717, 1.165) is 5.69 Å². The standard InChI is InChI=1S/C18H14Cl2N2O2/c1-2-22(13-6-4-3-5-7-13)18(23)16-11-24-17(21-16)12-8-9-14(19)15(20)10-12/h3-11H,2H2,1H3. The van der Waals surface area contributed by atoms with Gasteiger partial charge in [-0.3, -0.25) is 4.79 Å². The second kappa shape index (κ2) is 7.07. The number of para-hydroxylation sites is 1. The largest absolute Gasteiger partial charge is 0.444 e. The van der Waals surface area contributed by atoms with E-state index in [2.05, 4.69) is 4.98 Å². The second-order valence-corrected chi connectivity index (χ2v) is 5.87. The molecular formula is C18H14Cl2N2O2. The van der Waals surface area contributed by atoms with Crippen molar-refractivity contribution in [2.45, 2.75) is 6.92 Å². The summed E-state index contributed by atoms with van der Waals surface area (Å²) in [6.07, 6.45) is 1.35. The van der Waals surface area contributed by atoms with Gasteiger partial charge in [-0.25, -0.2) is 4.98 Å². The molecule has 122 valence electrons. The zero-order valence-electron chi connectivity index (χ0n) is 12.9. The summed E-state index contributed by atoms with van der Waals surface area (Å²) >= 11 is 11.9. The Balaban J connectivity index is 1.89. The normalized spacial score (nSPS) is 10.6. The van der Waals surface area contributed by atoms with Crippen LogP contribution in [0.5, 0.6) is 0 Å². The van der Waals surface area contributed by atoms with Crippen molar-refractivity contribution in [1.82, 2.24) is 4.98 Å². The van der Waals surface area contributed by atoms with E-state index >= 15 is 0 Å². The number of halogens is 2. The molecule has 3 aromatic rings. The molecule has 2 aromatic carbocycles. The van der Waals surface area contributed by atoms with E-state index in [-0.39, 0.29) is 11.6 Å². The number of carbonyl (C=O) groups is 1. The Morgan fingerprint density at radius 1 is 1.12 bits per heavy atom. The highest BCUT2D eigenvalue weighted by atomic mass is 35.5. The Morgan fingerprint density at radius 3 is 2.54 bits per heavy atom. The van der Waals surface area contributed by atoms with Gasteiger partial charge in [0, 0.05) is 17.8 Å². The third-order valence-electron chi connectivity index (χ3n) is 3.52. The molecule has 0 radical (unpaired) electrons. The number of amides is 1. The Kier molecular flexibility index (Phi) is 4.88. The molecule has 0 aliphatic heterocycles. The van der Waals surface area contributed by atoms with Crippen molar-refractivity contribution in [3.8, 4) is 11.5 Å². The molecule has 1 aromatic heterocycles. The van der Waals surface area contributed by atoms with Crippen molar-refractivity contribution >= 4 is 34.8 Å². The fraction of sp³-hybridized carbons (Fsp3) is 0.111. The van der Waals surface area contributed by atoms with E-state index in [1.807, 2.05) is 37.3 Å². The minimum Gasteiger partial charge on any atom is -0.444 e. The molecule has 3 rings (SSSR count). The molecule has 1 amide bonds. The number of nitrogens with zero attached hydrogens (tertiary/aromatic N) is 2. The summed E-state index contributed by atoms with van der Waals surface area (Å²) in [4.78, 5) is 18.6. The molecule has 24 heavy (non-hydrogen) atoms. The maximum atomic E-state index is 12.7. The van der Waals surface area contributed by atoms with E-state index in [9.17, 15) is 4.79 Å². The summed E-state index contributed by atoms with van der Waals surface area (Å²) in [6, 6.07) is 14.5. The molecule has 6 heteroatoms. The van der Waals surface area contributed by atoms with Gasteiger partial charge in [0.2, 0.25) is 5.89 Å². The van der Waals surface area contributed by atoms with Crippen molar-refractivity contribution in [1.29, 1.82) is 0 Å². The fourth-order valence-electron chi connectivity index (χ4n) is 2.32. The van der Waals surface area contributed by atoms with Gasteiger partial charge < -0.3 is 9.32 Å². The lowest BCUT2D eigenvalue weighted by Gasteiger charge is -2.19. The van der Waals surface area contributed by atoms with E-state index in [4.69, 9.17) is 27.6 Å². The van der Waals surface area contributed by atoms with Crippen LogP contribution in [0.15, 0.2) is 59.2 Å². The van der Waals surface area contributed by atoms with Crippen LogP contribution in [0.4, 0.5) is 5.69 Å². The van der Waals surface area contributed by atoms with Crippen molar-refractivity contribution in [2.75, 3.05) is 11.4 Å². The molecule has 0 spiro atoms. The van der Waals surface area contributed by atoms with Crippen LogP contribution in [0.2, 0.25) is 10.0 Å². The van der Waals surface area contributed by atoms with Gasteiger partial charge in [-0.05, 0) is 37.3 Å². The van der Waals surface area contributed by atoms with Gasteiger partial charge in [0.1, 0.15) is 6.26 Å². The van der Waals surface area contributed by atoms with Crippen molar-refractivity contribution in [3.63, 3.8) is 0 Å². The number of aromatic nitrogens is 1. The first-order chi connectivity index (χ1) is 11.6. The molecule has 0 bridgehead atoms. The smallest absolute Gasteiger partial charge is 0.280 e. The van der Waals surface area contributed by atoms with Gasteiger partial charge in [-0.1, -0.05) is 41.4 Å². The van der Waals surface area contributed by atoms with Gasteiger partial charge >= 0.3 is 0 Å². The van der Waals surface area contributed by atoms with Gasteiger partial charge in [0.25, 0.3) is 5.91 Å². The lowest BCUT2D eigenvalue weighted by molar-refractivity contribution is 0.0983. The van der Waals surface area contributed by atoms with Crippen LogP contribution in [-0.2, 0) is 0 Å². The van der Waals surface area contributed by atoms with Crippen molar-refractivity contribution in [3.05, 3.63) is 70.5 Å². The first-order valence-electron chi connectivity index (χ1n) is 7.38. The van der Waals surface area contributed by atoms with Crippen LogP contribution in [0.3, 0.4) is 0 Å². The Morgan fingerprint density at radius 2 is 1.88 bits per heavy atom. The van der Waals surface area contributed by atoms with Gasteiger partial charge in [-0.2, -0.15) is 0 Å². The number of hydrogen-bond donors (Lipinski definition) is 0. The first-order valence-corrected chi connectivity index (χ1v) is 8.13. The lowest BCUT2D eigenvalue weighted by Crippen LogP contribution is -2.30. The third-order valence-corrected chi connectivity index (χ3v) is 4.26. The highest BCUT2D eigenvalue weighted by Crippen LogP contribution is 2.28. The van der Waals surface area contributed by atoms with Gasteiger partial charge in [0.15, 0.2) is 5.69 Å². The average Bonchev–Trinajstić information content (AvgIpc) is 3.09. The van der Waals surface area contributed by atoms with Crippen LogP contribution >= 0.6 is 23.2 Å². The Hall–Kier alpha value is -2.30. The van der Waals surface area contributed by atoms with Crippen molar-refractivity contribution in [2.24, 2.45) is 0 Å². The number of benzene rings is 2. The molecule has 0 saturated heterocycles. The number of anilines is 1.